The van der Waals surface area contributed by atoms with Crippen LogP contribution in [-0.2, 0) is 7.05 Å². The molecule has 3 heterocycles. The smallest absolute Gasteiger partial charge is 0.181 e. The Bertz CT molecular complexity index is 1490. The molecule has 0 saturated heterocycles. The van der Waals surface area contributed by atoms with Crippen LogP contribution >= 0.6 is 11.6 Å². The standard InChI is InChI=1S/C25H22ClN5O2/c1-14-11-20-22(30-25(31(20)3)17-7-5-6-8-19(17)26)24(28-14)29-16-9-10-18(21(12-16)32-4)23-15(2)27-13-33-23/h5-13H,1-4H3,(H,28,29). The molecule has 0 atom stereocenters. The van der Waals surface area contributed by atoms with Crippen LogP contribution in [0, 0.1) is 13.8 Å². The maximum absolute atomic E-state index is 6.45. The quantitative estimate of drug-likeness (QED) is 0.331. The van der Waals surface area contributed by atoms with Gasteiger partial charge in [-0.3, -0.25) is 0 Å². The van der Waals surface area contributed by atoms with Gasteiger partial charge in [0.2, 0.25) is 0 Å². The van der Waals surface area contributed by atoms with E-state index in [1.165, 1.54) is 6.39 Å². The number of oxazole rings is 1. The van der Waals surface area contributed by atoms with Crippen molar-refractivity contribution in [2.45, 2.75) is 13.8 Å². The molecule has 0 saturated carbocycles. The molecule has 7 nitrogen and oxygen atoms in total. The van der Waals surface area contributed by atoms with E-state index in [1.54, 1.807) is 7.11 Å². The van der Waals surface area contributed by atoms with Gasteiger partial charge in [-0.1, -0.05) is 23.7 Å². The van der Waals surface area contributed by atoms with E-state index in [0.29, 0.717) is 22.4 Å². The number of rotatable bonds is 5. The van der Waals surface area contributed by atoms with Crippen molar-refractivity contribution >= 4 is 34.1 Å². The van der Waals surface area contributed by atoms with Crippen LogP contribution in [0.15, 0.2) is 59.3 Å². The third-order valence-electron chi connectivity index (χ3n) is 5.57. The molecule has 1 N–H and O–H groups in total. The van der Waals surface area contributed by atoms with E-state index in [-0.39, 0.29) is 0 Å². The maximum atomic E-state index is 6.45. The number of methoxy groups -OCH3 is 1. The lowest BCUT2D eigenvalue weighted by molar-refractivity contribution is 0.415. The minimum absolute atomic E-state index is 0.651. The van der Waals surface area contributed by atoms with Crippen molar-refractivity contribution in [3.05, 3.63) is 71.3 Å². The van der Waals surface area contributed by atoms with Gasteiger partial charge in [-0.2, -0.15) is 0 Å². The minimum atomic E-state index is 0.651. The Morgan fingerprint density at radius 3 is 2.58 bits per heavy atom. The normalized spacial score (nSPS) is 11.2. The van der Waals surface area contributed by atoms with Crippen LogP contribution in [0.4, 0.5) is 11.5 Å². The van der Waals surface area contributed by atoms with Crippen molar-refractivity contribution < 1.29 is 9.15 Å². The molecule has 0 fully saturated rings. The Morgan fingerprint density at radius 2 is 1.85 bits per heavy atom. The highest BCUT2D eigenvalue weighted by molar-refractivity contribution is 6.33. The number of ether oxygens (including phenoxy) is 1. The lowest BCUT2D eigenvalue weighted by Crippen LogP contribution is -1.98. The van der Waals surface area contributed by atoms with Crippen molar-refractivity contribution in [2.75, 3.05) is 12.4 Å². The number of benzene rings is 2. The average molecular weight is 460 g/mol. The molecular weight excluding hydrogens is 438 g/mol. The Kier molecular flexibility index (Phi) is 5.26. The first kappa shape index (κ1) is 21.0. The van der Waals surface area contributed by atoms with Gasteiger partial charge >= 0.3 is 0 Å². The minimum Gasteiger partial charge on any atom is -0.496 e. The summed E-state index contributed by atoms with van der Waals surface area (Å²) in [5.74, 6) is 2.79. The van der Waals surface area contributed by atoms with Crippen LogP contribution in [0.1, 0.15) is 11.4 Å². The summed E-state index contributed by atoms with van der Waals surface area (Å²) in [5.41, 5.74) is 5.91. The van der Waals surface area contributed by atoms with Gasteiger partial charge in [-0.15, -0.1) is 0 Å². The van der Waals surface area contributed by atoms with Crippen molar-refractivity contribution in [3.8, 4) is 28.5 Å². The molecule has 0 unspecified atom stereocenters. The first-order valence-corrected chi connectivity index (χ1v) is 10.8. The van der Waals surface area contributed by atoms with Crippen molar-refractivity contribution in [2.24, 2.45) is 7.05 Å². The van der Waals surface area contributed by atoms with Crippen LogP contribution in [0.5, 0.6) is 5.75 Å². The number of hydrogen-bond acceptors (Lipinski definition) is 6. The van der Waals surface area contributed by atoms with Gasteiger partial charge in [0.25, 0.3) is 0 Å². The van der Waals surface area contributed by atoms with Gasteiger partial charge in [0, 0.05) is 30.1 Å². The van der Waals surface area contributed by atoms with Crippen molar-refractivity contribution in [3.63, 3.8) is 0 Å². The third-order valence-corrected chi connectivity index (χ3v) is 5.90. The summed E-state index contributed by atoms with van der Waals surface area (Å²) in [7, 11) is 3.61. The van der Waals surface area contributed by atoms with E-state index in [1.807, 2.05) is 74.0 Å². The van der Waals surface area contributed by atoms with Gasteiger partial charge in [0.05, 0.1) is 28.9 Å². The maximum Gasteiger partial charge on any atom is 0.181 e. The lowest BCUT2D eigenvalue weighted by atomic mass is 10.1. The molecule has 0 amide bonds. The predicted octanol–water partition coefficient (Wildman–Crippen LogP) is 6.31. The first-order valence-electron chi connectivity index (χ1n) is 10.4. The lowest BCUT2D eigenvalue weighted by Gasteiger charge is -2.12. The summed E-state index contributed by atoms with van der Waals surface area (Å²) in [4.78, 5) is 13.8. The number of aromatic nitrogens is 4. The highest BCUT2D eigenvalue weighted by atomic mass is 35.5. The number of anilines is 2. The summed E-state index contributed by atoms with van der Waals surface area (Å²) < 4.78 is 13.2. The Balaban J connectivity index is 1.59. The van der Waals surface area contributed by atoms with E-state index in [0.717, 1.165) is 45.1 Å². The average Bonchev–Trinajstić information content (AvgIpc) is 3.37. The molecule has 0 aliphatic heterocycles. The second-order valence-corrected chi connectivity index (χ2v) is 8.17. The van der Waals surface area contributed by atoms with E-state index in [2.05, 4.69) is 10.3 Å². The Morgan fingerprint density at radius 1 is 1.03 bits per heavy atom. The number of aryl methyl sites for hydroxylation is 3. The second kappa shape index (κ2) is 8.26. The largest absolute Gasteiger partial charge is 0.496 e. The number of hydrogen-bond donors (Lipinski definition) is 1. The molecule has 166 valence electrons. The SMILES string of the molecule is COc1cc(Nc2nc(C)cc3c2nc(-c2ccccc2Cl)n3C)ccc1-c1ocnc1C. The number of nitrogens with zero attached hydrogens (tertiary/aromatic N) is 4. The van der Waals surface area contributed by atoms with Gasteiger partial charge in [-0.25, -0.2) is 15.0 Å². The van der Waals surface area contributed by atoms with Gasteiger partial charge in [0.1, 0.15) is 17.1 Å². The van der Waals surface area contributed by atoms with Crippen LogP contribution < -0.4 is 10.1 Å². The summed E-state index contributed by atoms with van der Waals surface area (Å²) in [5, 5.41) is 4.06. The Hall–Kier alpha value is -3.84. The van der Waals surface area contributed by atoms with E-state index < -0.39 is 0 Å². The van der Waals surface area contributed by atoms with E-state index in [9.17, 15) is 0 Å². The van der Waals surface area contributed by atoms with Crippen LogP contribution in [-0.4, -0.2) is 26.6 Å². The fraction of sp³-hybridized carbons (Fsp3) is 0.160. The predicted molar refractivity (Wildman–Crippen MR) is 130 cm³/mol. The van der Waals surface area contributed by atoms with Gasteiger partial charge < -0.3 is 19.0 Å². The molecule has 5 rings (SSSR count). The van der Waals surface area contributed by atoms with Gasteiger partial charge in [-0.05, 0) is 44.2 Å². The molecular formula is C25H22ClN5O2. The number of nitrogens with one attached hydrogen (secondary N) is 1. The first-order chi connectivity index (χ1) is 16.0. The van der Waals surface area contributed by atoms with Crippen LogP contribution in [0.25, 0.3) is 33.7 Å². The monoisotopic (exact) mass is 459 g/mol. The highest BCUT2D eigenvalue weighted by Gasteiger charge is 2.18. The van der Waals surface area contributed by atoms with Gasteiger partial charge in [0.15, 0.2) is 18.0 Å². The van der Waals surface area contributed by atoms with Crippen LogP contribution in [0.3, 0.4) is 0 Å². The zero-order valence-electron chi connectivity index (χ0n) is 18.7. The fourth-order valence-corrected chi connectivity index (χ4v) is 4.15. The zero-order chi connectivity index (χ0) is 23.1. The molecule has 0 aliphatic carbocycles. The number of pyridine rings is 1. The molecule has 3 aromatic heterocycles. The topological polar surface area (TPSA) is 78.0 Å². The summed E-state index contributed by atoms with van der Waals surface area (Å²) in [6.07, 6.45) is 1.43. The second-order valence-electron chi connectivity index (χ2n) is 7.76. The van der Waals surface area contributed by atoms with Crippen molar-refractivity contribution in [1.29, 1.82) is 0 Å². The zero-order valence-corrected chi connectivity index (χ0v) is 19.4. The third kappa shape index (κ3) is 3.70. The molecule has 0 bridgehead atoms. The summed E-state index contributed by atoms with van der Waals surface area (Å²) in [6.45, 7) is 3.86. The van der Waals surface area contributed by atoms with Crippen LogP contribution in [0.2, 0.25) is 5.02 Å². The molecule has 2 aromatic carbocycles. The number of imidazole rings is 1. The highest BCUT2D eigenvalue weighted by Crippen LogP contribution is 2.36. The van der Waals surface area contributed by atoms with E-state index >= 15 is 0 Å². The molecule has 0 spiro atoms. The fourth-order valence-electron chi connectivity index (χ4n) is 3.93. The molecule has 5 aromatic rings. The summed E-state index contributed by atoms with van der Waals surface area (Å²) in [6, 6.07) is 15.5. The summed E-state index contributed by atoms with van der Waals surface area (Å²) >= 11 is 6.45. The Labute approximate surface area is 196 Å². The molecule has 0 aliphatic rings. The molecule has 33 heavy (non-hydrogen) atoms. The molecule has 0 radical (unpaired) electrons. The van der Waals surface area contributed by atoms with E-state index in [4.69, 9.17) is 30.7 Å². The number of halogens is 1. The number of fused-ring (bicyclic) bond motifs is 1. The molecule has 8 heteroatoms. The van der Waals surface area contributed by atoms with Crippen molar-refractivity contribution in [1.82, 2.24) is 19.5 Å².